The molecule has 0 spiro atoms. The molecule has 376 valence electrons. The molecule has 23 nitrogen and oxygen atoms in total. The molecule has 3 amide bonds. The van der Waals surface area contributed by atoms with Gasteiger partial charge in [0, 0.05) is 69.3 Å². The second-order valence-corrected chi connectivity index (χ2v) is 17.4. The van der Waals surface area contributed by atoms with Crippen LogP contribution in [0.3, 0.4) is 0 Å². The fourth-order valence-electron chi connectivity index (χ4n) is 8.04. The lowest BCUT2D eigenvalue weighted by molar-refractivity contribution is 0.0695. The summed E-state index contributed by atoms with van der Waals surface area (Å²) in [7, 11) is 3.59. The molecule has 6 aromatic rings. The zero-order chi connectivity index (χ0) is 51.5. The molecule has 23 heteroatoms. The highest BCUT2D eigenvalue weighted by Crippen LogP contribution is 2.28. The minimum Gasteiger partial charge on any atom is -0.478 e. The topological polar surface area (TPSA) is 337 Å². The summed E-state index contributed by atoms with van der Waals surface area (Å²) >= 11 is 0. The Morgan fingerprint density at radius 3 is 1.51 bits per heavy atom. The summed E-state index contributed by atoms with van der Waals surface area (Å²) in [6, 6.07) is 13.2. The quantitative estimate of drug-likeness (QED) is 0.0796. The summed E-state index contributed by atoms with van der Waals surface area (Å²) in [5.74, 6) is -0.623. The lowest BCUT2D eigenvalue weighted by Gasteiger charge is -2.40. The van der Waals surface area contributed by atoms with Crippen molar-refractivity contribution < 1.29 is 34.5 Å². The molecule has 0 radical (unpaired) electrons. The lowest BCUT2D eigenvalue weighted by Crippen LogP contribution is -2.54. The largest absolute Gasteiger partial charge is 0.478 e. The molecular formula is C48H62N16O7. The van der Waals surface area contributed by atoms with Crippen LogP contribution in [0.25, 0.3) is 0 Å². The minimum absolute atomic E-state index is 0.0350. The fraction of sp³-hybridized carbons (Fsp3) is 0.375. The Morgan fingerprint density at radius 2 is 1.10 bits per heavy atom. The van der Waals surface area contributed by atoms with E-state index in [1.807, 2.05) is 6.92 Å². The number of nitrogens with zero attached hydrogens (tertiary/aromatic N) is 10. The number of piperidine rings is 2. The number of rotatable bonds is 13. The molecule has 0 bridgehead atoms. The van der Waals surface area contributed by atoms with Gasteiger partial charge in [0.2, 0.25) is 0 Å². The van der Waals surface area contributed by atoms with E-state index in [2.05, 4.69) is 62.8 Å². The molecule has 0 aliphatic carbocycles. The molecule has 2 unspecified atom stereocenters. The van der Waals surface area contributed by atoms with E-state index >= 15 is 0 Å². The average molecular weight is 975 g/mol. The number of carboxylic acid groups (broad SMARTS) is 1. The first-order valence-electron chi connectivity index (χ1n) is 23.0. The van der Waals surface area contributed by atoms with Crippen molar-refractivity contribution in [2.75, 3.05) is 33.5 Å². The van der Waals surface area contributed by atoms with Crippen LogP contribution in [0.1, 0.15) is 118 Å². The summed E-state index contributed by atoms with van der Waals surface area (Å²) in [6.45, 7) is 9.00. The monoisotopic (exact) mass is 974 g/mol. The number of aliphatic hydroxyl groups is 2. The van der Waals surface area contributed by atoms with E-state index in [1.165, 1.54) is 18.3 Å². The van der Waals surface area contributed by atoms with Crippen LogP contribution in [0.4, 0.5) is 34.6 Å². The Hall–Kier alpha value is -8.02. The van der Waals surface area contributed by atoms with Crippen molar-refractivity contribution in [1.82, 2.24) is 44.8 Å². The first-order chi connectivity index (χ1) is 33.8. The molecule has 2 aromatic carbocycles. The molecule has 71 heavy (non-hydrogen) atoms. The predicted molar refractivity (Wildman–Crippen MR) is 267 cm³/mol. The Balaban J connectivity index is 0.000000197. The highest BCUT2D eigenvalue weighted by molar-refractivity contribution is 5.97. The number of primary amides is 2. The van der Waals surface area contributed by atoms with Crippen molar-refractivity contribution in [3.05, 3.63) is 119 Å². The molecule has 2 aliphatic heterocycles. The second-order valence-electron chi connectivity index (χ2n) is 17.4. The maximum absolute atomic E-state index is 12.9. The third kappa shape index (κ3) is 13.6. The normalized spacial score (nSPS) is 18.4. The molecule has 12 N–H and O–H groups in total. The van der Waals surface area contributed by atoms with Crippen LogP contribution < -0.4 is 43.0 Å². The SMILES string of the molecule is CC(O)c1ccc(C(=O)N[C@@H]2CCCN(c3cnc(C(N)=O)c(Nc4cnn(C)c4)n3)[C@@H]2C)cc1.CC(O)c1ccc(C(=O)O)cc1.C[C@@H]1[C@H](N)CCCN1c1cnc(C(N)=O)c(Nc2cnn(C)c2)n1. The van der Waals surface area contributed by atoms with Gasteiger partial charge in [0.15, 0.2) is 23.0 Å². The molecule has 0 saturated carbocycles. The third-order valence-corrected chi connectivity index (χ3v) is 12.2. The molecule has 6 heterocycles. The van der Waals surface area contributed by atoms with E-state index in [-0.39, 0.29) is 52.8 Å². The van der Waals surface area contributed by atoms with Crippen molar-refractivity contribution in [2.24, 2.45) is 31.3 Å². The Morgan fingerprint density at radius 1 is 0.662 bits per heavy atom. The van der Waals surface area contributed by atoms with E-state index in [4.69, 9.17) is 27.4 Å². The molecular weight excluding hydrogens is 913 g/mol. The van der Waals surface area contributed by atoms with Gasteiger partial charge in [-0.3, -0.25) is 23.7 Å². The number of hydrogen-bond donors (Lipinski definition) is 9. The number of carbonyl (C=O) groups excluding carboxylic acids is 3. The van der Waals surface area contributed by atoms with Gasteiger partial charge in [0.1, 0.15) is 11.6 Å². The number of anilines is 6. The van der Waals surface area contributed by atoms with Crippen molar-refractivity contribution in [2.45, 2.75) is 89.8 Å². The second kappa shape index (κ2) is 23.5. The molecule has 4 aromatic heterocycles. The lowest BCUT2D eigenvalue weighted by atomic mass is 9.97. The van der Waals surface area contributed by atoms with Gasteiger partial charge in [0.25, 0.3) is 17.7 Å². The first-order valence-corrected chi connectivity index (χ1v) is 23.0. The predicted octanol–water partition coefficient (Wildman–Crippen LogP) is 3.70. The number of aryl methyl sites for hydroxylation is 2. The highest BCUT2D eigenvalue weighted by Gasteiger charge is 2.32. The van der Waals surface area contributed by atoms with Gasteiger partial charge >= 0.3 is 5.97 Å². The minimum atomic E-state index is -0.952. The van der Waals surface area contributed by atoms with Gasteiger partial charge in [0.05, 0.1) is 53.9 Å². The maximum Gasteiger partial charge on any atom is 0.335 e. The van der Waals surface area contributed by atoms with Crippen LogP contribution in [-0.4, -0.2) is 116 Å². The summed E-state index contributed by atoms with van der Waals surface area (Å²) < 4.78 is 3.27. The molecule has 6 atom stereocenters. The number of aromatic carboxylic acids is 1. The number of nitrogens with one attached hydrogen (secondary N) is 3. The van der Waals surface area contributed by atoms with Gasteiger partial charge < -0.3 is 58.3 Å². The molecule has 8 rings (SSSR count). The standard InChI is InChI=1S/C24H30N8O3.C15H22N8O.C9H10O3/c1-14-19(29-24(35)17-8-6-16(7-9-17)15(2)33)5-4-10-32(14)20-12-26-21(22(25)34)23(30-20)28-18-11-27-31(3)13-18;1-9-11(16)4-3-5-23(9)12-7-18-13(14(17)24)15(21-12)20-10-6-19-22(2)8-10;1-6(10)7-2-4-8(5-3-7)9(11)12/h6-9,11-15,19,33H,4-5,10H2,1-3H3,(H2,25,34)(H,28,30)(H,29,35);6-9,11H,3-5,16H2,1-2H3,(H2,17,24)(H,20,21);2-6,10H,1H3,(H,11,12)/t14-,15?,19-;9-,11-;/m11./s1. The van der Waals surface area contributed by atoms with Crippen molar-refractivity contribution in [3.63, 3.8) is 0 Å². The molecule has 2 fully saturated rings. The van der Waals surface area contributed by atoms with Crippen LogP contribution in [0, 0.1) is 0 Å². The number of aliphatic hydroxyl groups excluding tert-OH is 2. The van der Waals surface area contributed by atoms with E-state index in [0.717, 1.165) is 49.9 Å². The van der Waals surface area contributed by atoms with Crippen LogP contribution in [0.5, 0.6) is 0 Å². The van der Waals surface area contributed by atoms with Crippen molar-refractivity contribution >= 4 is 58.3 Å². The van der Waals surface area contributed by atoms with Gasteiger partial charge in [-0.15, -0.1) is 0 Å². The smallest absolute Gasteiger partial charge is 0.335 e. The van der Waals surface area contributed by atoms with Crippen molar-refractivity contribution in [3.8, 4) is 0 Å². The van der Waals surface area contributed by atoms with Gasteiger partial charge in [-0.25, -0.2) is 24.7 Å². The number of nitrogens with two attached hydrogens (primary N) is 3. The summed E-state index contributed by atoms with van der Waals surface area (Å²) in [5, 5.41) is 44.8. The average Bonchev–Trinajstić information content (AvgIpc) is 3.96. The summed E-state index contributed by atoms with van der Waals surface area (Å²) in [4.78, 5) is 68.7. The van der Waals surface area contributed by atoms with E-state index in [9.17, 15) is 24.3 Å². The van der Waals surface area contributed by atoms with Crippen LogP contribution in [-0.2, 0) is 14.1 Å². The summed E-state index contributed by atoms with van der Waals surface area (Å²) in [6.07, 6.45) is 12.4. The maximum atomic E-state index is 12.9. The van der Waals surface area contributed by atoms with Crippen LogP contribution in [0.2, 0.25) is 0 Å². The summed E-state index contributed by atoms with van der Waals surface area (Å²) in [5.41, 5.74) is 20.8. The van der Waals surface area contributed by atoms with Crippen LogP contribution in [0.15, 0.2) is 85.7 Å². The number of carboxylic acids is 1. The number of hydrogen-bond acceptors (Lipinski definition) is 17. The Labute approximate surface area is 410 Å². The highest BCUT2D eigenvalue weighted by atomic mass is 16.4. The van der Waals surface area contributed by atoms with Crippen molar-refractivity contribution in [1.29, 1.82) is 0 Å². The zero-order valence-electron chi connectivity index (χ0n) is 40.5. The van der Waals surface area contributed by atoms with Gasteiger partial charge in [-0.1, -0.05) is 24.3 Å². The number of carbonyl (C=O) groups is 4. The van der Waals surface area contributed by atoms with Gasteiger partial charge in [-0.2, -0.15) is 10.2 Å². The molecule has 2 aliphatic rings. The number of amides is 3. The van der Waals surface area contributed by atoms with Crippen LogP contribution >= 0.6 is 0 Å². The fourth-order valence-corrected chi connectivity index (χ4v) is 8.04. The third-order valence-electron chi connectivity index (χ3n) is 12.2. The first kappa shape index (κ1) is 52.4. The zero-order valence-corrected chi connectivity index (χ0v) is 40.5. The number of aromatic nitrogens is 8. The van der Waals surface area contributed by atoms with E-state index in [0.29, 0.717) is 34.4 Å². The Bertz CT molecular complexity index is 2780. The Kier molecular flexibility index (Phi) is 17.3. The van der Waals surface area contributed by atoms with E-state index < -0.39 is 30.0 Å². The van der Waals surface area contributed by atoms with Gasteiger partial charge in [-0.05, 0) is 88.8 Å². The molecule has 2 saturated heterocycles. The number of benzene rings is 2. The van der Waals surface area contributed by atoms with E-state index in [1.54, 1.807) is 105 Å².